The first-order valence-electron chi connectivity index (χ1n) is 10.6. The summed E-state index contributed by atoms with van der Waals surface area (Å²) in [5.41, 5.74) is 3.75. The van der Waals surface area contributed by atoms with E-state index in [4.69, 9.17) is 9.47 Å². The lowest BCUT2D eigenvalue weighted by Crippen LogP contribution is -2.30. The van der Waals surface area contributed by atoms with Crippen LogP contribution in [0.2, 0.25) is 0 Å². The number of nitrogens with zero attached hydrogens (tertiary/aromatic N) is 4. The summed E-state index contributed by atoms with van der Waals surface area (Å²) in [6.45, 7) is 7.70. The molecule has 1 atom stereocenters. The van der Waals surface area contributed by atoms with Gasteiger partial charge in [0, 0.05) is 17.4 Å². The molecule has 0 aliphatic rings. The van der Waals surface area contributed by atoms with Crippen molar-refractivity contribution in [3.8, 4) is 23.2 Å². The number of nitrogens with one attached hydrogen (secondary N) is 1. The quantitative estimate of drug-likeness (QED) is 0.442. The summed E-state index contributed by atoms with van der Waals surface area (Å²) in [5, 5.41) is 15.7. The van der Waals surface area contributed by atoms with Crippen LogP contribution < -0.4 is 14.8 Å². The van der Waals surface area contributed by atoms with Crippen LogP contribution in [-0.2, 0) is 4.79 Å². The Kier molecular flexibility index (Phi) is 6.35. The van der Waals surface area contributed by atoms with Gasteiger partial charge in [0.05, 0.1) is 5.69 Å². The molecule has 2 aromatic heterocycles. The van der Waals surface area contributed by atoms with E-state index in [1.54, 1.807) is 41.9 Å². The summed E-state index contributed by atoms with van der Waals surface area (Å²) in [7, 11) is 0. The van der Waals surface area contributed by atoms with E-state index in [9.17, 15) is 4.79 Å². The van der Waals surface area contributed by atoms with Gasteiger partial charge in [-0.25, -0.2) is 4.68 Å². The number of carbonyl (C=O) groups excluding carboxylic acids is 1. The molecular weight excluding hydrogens is 418 g/mol. The maximum atomic E-state index is 12.4. The third kappa shape index (κ3) is 5.17. The summed E-state index contributed by atoms with van der Waals surface area (Å²) >= 11 is 0. The number of para-hydroxylation sites is 1. The van der Waals surface area contributed by atoms with Crippen LogP contribution in [0.15, 0.2) is 66.7 Å². The fourth-order valence-corrected chi connectivity index (χ4v) is 3.15. The topological polar surface area (TPSA) is 91.2 Å². The van der Waals surface area contributed by atoms with Crippen LogP contribution in [0.5, 0.6) is 17.4 Å². The highest BCUT2D eigenvalue weighted by atomic mass is 16.5. The predicted molar refractivity (Wildman–Crippen MR) is 125 cm³/mol. The Bertz CT molecular complexity index is 1240. The maximum absolute atomic E-state index is 12.4. The van der Waals surface area contributed by atoms with E-state index >= 15 is 0 Å². The monoisotopic (exact) mass is 443 g/mol. The Morgan fingerprint density at radius 3 is 2.24 bits per heavy atom. The molecule has 2 aromatic carbocycles. The summed E-state index contributed by atoms with van der Waals surface area (Å²) in [5.74, 6) is 1.96. The normalized spacial score (nSPS) is 11.6. The van der Waals surface area contributed by atoms with Gasteiger partial charge in [0.2, 0.25) is 5.88 Å². The van der Waals surface area contributed by atoms with Gasteiger partial charge in [-0.1, -0.05) is 18.2 Å². The lowest BCUT2D eigenvalue weighted by atomic mass is 10.2. The Labute approximate surface area is 192 Å². The maximum Gasteiger partial charge on any atom is 0.265 e. The van der Waals surface area contributed by atoms with Crippen molar-refractivity contribution < 1.29 is 14.3 Å². The molecule has 4 rings (SSSR count). The molecule has 2 heterocycles. The van der Waals surface area contributed by atoms with Crippen LogP contribution in [-0.4, -0.2) is 32.0 Å². The first-order chi connectivity index (χ1) is 15.9. The van der Waals surface area contributed by atoms with Gasteiger partial charge in [-0.2, -0.15) is 5.10 Å². The molecule has 33 heavy (non-hydrogen) atoms. The fourth-order valence-electron chi connectivity index (χ4n) is 3.15. The number of aromatic nitrogens is 4. The van der Waals surface area contributed by atoms with Crippen molar-refractivity contribution in [2.75, 3.05) is 5.32 Å². The summed E-state index contributed by atoms with van der Waals surface area (Å²) in [6.07, 6.45) is -0.636. The van der Waals surface area contributed by atoms with E-state index in [1.807, 2.05) is 57.2 Å². The molecule has 1 unspecified atom stereocenters. The Balaban J connectivity index is 1.35. The first-order valence-corrected chi connectivity index (χ1v) is 10.6. The molecule has 0 bridgehead atoms. The van der Waals surface area contributed by atoms with Crippen LogP contribution >= 0.6 is 0 Å². The Morgan fingerprint density at radius 1 is 0.909 bits per heavy atom. The second-order valence-corrected chi connectivity index (χ2v) is 7.63. The smallest absolute Gasteiger partial charge is 0.265 e. The molecule has 168 valence electrons. The fraction of sp³-hybridized carbons (Fsp3) is 0.200. The van der Waals surface area contributed by atoms with Gasteiger partial charge >= 0.3 is 0 Å². The van der Waals surface area contributed by atoms with E-state index in [1.165, 1.54) is 0 Å². The Morgan fingerprint density at radius 2 is 1.64 bits per heavy atom. The van der Waals surface area contributed by atoms with E-state index < -0.39 is 6.10 Å². The highest BCUT2D eigenvalue weighted by molar-refractivity contribution is 5.94. The highest BCUT2D eigenvalue weighted by Crippen LogP contribution is 2.22. The van der Waals surface area contributed by atoms with Crippen molar-refractivity contribution in [1.82, 2.24) is 20.0 Å². The molecule has 1 amide bonds. The van der Waals surface area contributed by atoms with Gasteiger partial charge in [0.15, 0.2) is 11.9 Å². The summed E-state index contributed by atoms with van der Waals surface area (Å²) < 4.78 is 13.2. The molecular formula is C25H25N5O3. The third-order valence-electron chi connectivity index (χ3n) is 5.27. The number of amides is 1. The molecule has 0 fully saturated rings. The highest BCUT2D eigenvalue weighted by Gasteiger charge is 2.15. The van der Waals surface area contributed by atoms with Gasteiger partial charge in [-0.05, 0) is 75.7 Å². The SMILES string of the molecule is Cc1nn(-c2ccc(Oc3ccc(NC(=O)C(C)Oc4ccccc4)cc3)nn2)c(C)c1C. The van der Waals surface area contributed by atoms with Gasteiger partial charge < -0.3 is 14.8 Å². The zero-order chi connectivity index (χ0) is 23.4. The number of rotatable bonds is 7. The average molecular weight is 444 g/mol. The number of ether oxygens (including phenoxy) is 2. The van der Waals surface area contributed by atoms with E-state index in [0.717, 1.165) is 17.0 Å². The number of aryl methyl sites for hydroxylation is 1. The van der Waals surface area contributed by atoms with Crippen molar-refractivity contribution in [2.24, 2.45) is 0 Å². The molecule has 0 saturated heterocycles. The molecule has 4 aromatic rings. The van der Waals surface area contributed by atoms with Crippen LogP contribution in [0.3, 0.4) is 0 Å². The van der Waals surface area contributed by atoms with Crippen molar-refractivity contribution in [3.05, 3.63) is 83.7 Å². The molecule has 8 nitrogen and oxygen atoms in total. The van der Waals surface area contributed by atoms with E-state index in [0.29, 0.717) is 28.9 Å². The van der Waals surface area contributed by atoms with Crippen molar-refractivity contribution >= 4 is 11.6 Å². The number of carbonyl (C=O) groups is 1. The first kappa shape index (κ1) is 22.0. The van der Waals surface area contributed by atoms with Crippen LogP contribution in [0, 0.1) is 20.8 Å². The molecule has 0 aliphatic heterocycles. The molecule has 0 aliphatic carbocycles. The minimum atomic E-state index is -0.636. The molecule has 0 spiro atoms. The zero-order valence-electron chi connectivity index (χ0n) is 18.9. The average Bonchev–Trinajstić information content (AvgIpc) is 3.08. The van der Waals surface area contributed by atoms with Crippen molar-refractivity contribution in [2.45, 2.75) is 33.8 Å². The second-order valence-electron chi connectivity index (χ2n) is 7.63. The summed E-state index contributed by atoms with van der Waals surface area (Å²) in [4.78, 5) is 12.4. The number of hydrogen-bond acceptors (Lipinski definition) is 6. The van der Waals surface area contributed by atoms with E-state index in [2.05, 4.69) is 20.6 Å². The molecule has 0 radical (unpaired) electrons. The van der Waals surface area contributed by atoms with Crippen LogP contribution in [0.4, 0.5) is 5.69 Å². The minimum Gasteiger partial charge on any atom is -0.481 e. The Hall–Kier alpha value is -4.20. The lowest BCUT2D eigenvalue weighted by molar-refractivity contribution is -0.122. The van der Waals surface area contributed by atoms with Gasteiger partial charge in [-0.3, -0.25) is 4.79 Å². The number of anilines is 1. The van der Waals surface area contributed by atoms with Crippen molar-refractivity contribution in [3.63, 3.8) is 0 Å². The zero-order valence-corrected chi connectivity index (χ0v) is 18.9. The number of benzene rings is 2. The summed E-state index contributed by atoms with van der Waals surface area (Å²) in [6, 6.07) is 19.8. The third-order valence-corrected chi connectivity index (χ3v) is 5.27. The minimum absolute atomic E-state index is 0.242. The largest absolute Gasteiger partial charge is 0.481 e. The van der Waals surface area contributed by atoms with E-state index in [-0.39, 0.29) is 5.91 Å². The molecule has 1 N–H and O–H groups in total. The van der Waals surface area contributed by atoms with Gasteiger partial charge in [-0.15, -0.1) is 10.2 Å². The van der Waals surface area contributed by atoms with Crippen molar-refractivity contribution in [1.29, 1.82) is 0 Å². The molecule has 0 saturated carbocycles. The van der Waals surface area contributed by atoms with Gasteiger partial charge in [0.1, 0.15) is 11.5 Å². The van der Waals surface area contributed by atoms with Gasteiger partial charge in [0.25, 0.3) is 5.91 Å². The predicted octanol–water partition coefficient (Wildman–Crippen LogP) is 4.79. The van der Waals surface area contributed by atoms with Crippen LogP contribution in [0.25, 0.3) is 5.82 Å². The number of hydrogen-bond donors (Lipinski definition) is 1. The standard InChI is InChI=1S/C25H25N5O3/c1-16-17(2)29-30(18(16)3)23-14-15-24(28-27-23)33-22-12-10-20(11-13-22)26-25(31)19(4)32-21-8-6-5-7-9-21/h5-15,19H,1-4H3,(H,26,31). The second kappa shape index (κ2) is 9.52. The van der Waals surface area contributed by atoms with Crippen LogP contribution in [0.1, 0.15) is 23.9 Å². The molecule has 8 heteroatoms. The lowest BCUT2D eigenvalue weighted by Gasteiger charge is -2.15.